The highest BCUT2D eigenvalue weighted by atomic mass is 16.5. The van der Waals surface area contributed by atoms with E-state index in [0.29, 0.717) is 26.4 Å². The Morgan fingerprint density at radius 3 is 1.94 bits per heavy atom. The molecule has 0 spiro atoms. The smallest absolute Gasteiger partial charge is 0.213 e. The third kappa shape index (κ3) is 13.8. The highest BCUT2D eigenvalue weighted by Gasteiger charge is 1.92. The van der Waals surface area contributed by atoms with Crippen LogP contribution in [0.5, 0.6) is 0 Å². The van der Waals surface area contributed by atoms with E-state index >= 15 is 0 Å². The Labute approximate surface area is 100 Å². The van der Waals surface area contributed by atoms with Crippen molar-refractivity contribution in [2.75, 3.05) is 33.0 Å². The first kappa shape index (κ1) is 15.8. The summed E-state index contributed by atoms with van der Waals surface area (Å²) in [6.07, 6.45) is 7.84. The van der Waals surface area contributed by atoms with E-state index in [2.05, 4.69) is 18.8 Å². The van der Waals surface area contributed by atoms with Crippen molar-refractivity contribution in [1.82, 2.24) is 0 Å². The fourth-order valence-electron chi connectivity index (χ4n) is 1.42. The summed E-state index contributed by atoms with van der Waals surface area (Å²) in [7, 11) is 3.26. The molecule has 96 valence electrons. The average Bonchev–Trinajstić information content (AvgIpc) is 2.31. The van der Waals surface area contributed by atoms with Gasteiger partial charge in [-0.2, -0.15) is 4.74 Å². The molecule has 0 N–H and O–H groups in total. The van der Waals surface area contributed by atoms with Crippen molar-refractivity contribution < 1.29 is 14.2 Å². The Morgan fingerprint density at radius 2 is 1.25 bits per heavy atom. The van der Waals surface area contributed by atoms with E-state index in [1.165, 1.54) is 38.5 Å². The minimum absolute atomic E-state index is 0.553. The van der Waals surface area contributed by atoms with E-state index < -0.39 is 0 Å². The van der Waals surface area contributed by atoms with Crippen LogP contribution in [0.15, 0.2) is 0 Å². The molecular weight excluding hydrogens is 204 g/mol. The number of hydrogen-bond donors (Lipinski definition) is 0. The number of rotatable bonds is 13. The lowest BCUT2D eigenvalue weighted by Gasteiger charge is -2.04. The van der Waals surface area contributed by atoms with Crippen molar-refractivity contribution >= 4 is 0 Å². The molecule has 0 rings (SSSR count). The lowest BCUT2D eigenvalue weighted by molar-refractivity contribution is 0.0288. The SMILES string of the molecule is [CH2+]OCCOCCOCCCCCCCC. The molecular formula is C13H27O3+. The summed E-state index contributed by atoms with van der Waals surface area (Å²) < 4.78 is 15.3. The van der Waals surface area contributed by atoms with Gasteiger partial charge in [0.2, 0.25) is 7.11 Å². The van der Waals surface area contributed by atoms with Gasteiger partial charge in [-0.25, -0.2) is 0 Å². The molecule has 0 aliphatic rings. The molecule has 0 radical (unpaired) electrons. The quantitative estimate of drug-likeness (QED) is 0.360. The third-order valence-electron chi connectivity index (χ3n) is 2.39. The average molecular weight is 231 g/mol. The highest BCUT2D eigenvalue weighted by molar-refractivity contribution is 4.43. The van der Waals surface area contributed by atoms with Crippen molar-refractivity contribution in [1.29, 1.82) is 0 Å². The molecule has 16 heavy (non-hydrogen) atoms. The molecule has 3 nitrogen and oxygen atoms in total. The predicted octanol–water partition coefficient (Wildman–Crippen LogP) is 3.19. The Kier molecular flexibility index (Phi) is 14.5. The molecule has 0 aromatic rings. The Balaban J connectivity index is 2.83. The Morgan fingerprint density at radius 1 is 0.688 bits per heavy atom. The second-order valence-electron chi connectivity index (χ2n) is 3.90. The van der Waals surface area contributed by atoms with Gasteiger partial charge in [0, 0.05) is 6.61 Å². The van der Waals surface area contributed by atoms with Gasteiger partial charge in [-0.05, 0) is 6.42 Å². The third-order valence-corrected chi connectivity index (χ3v) is 2.39. The second kappa shape index (κ2) is 14.8. The molecule has 0 bridgehead atoms. The fraction of sp³-hybridized carbons (Fsp3) is 0.923. The van der Waals surface area contributed by atoms with Crippen LogP contribution in [-0.4, -0.2) is 33.0 Å². The Hall–Kier alpha value is -0.250. The van der Waals surface area contributed by atoms with Crippen LogP contribution >= 0.6 is 0 Å². The Bertz CT molecular complexity index is 104. The standard InChI is InChI=1S/C13H27O3/c1-3-4-5-6-7-8-9-15-12-13-16-11-10-14-2/h2-13H2,1H3/q+1. The largest absolute Gasteiger partial charge is 0.379 e. The molecule has 0 unspecified atom stereocenters. The molecule has 0 heterocycles. The van der Waals surface area contributed by atoms with Crippen LogP contribution in [0.2, 0.25) is 0 Å². The predicted molar refractivity (Wildman–Crippen MR) is 66.3 cm³/mol. The van der Waals surface area contributed by atoms with E-state index in [4.69, 9.17) is 9.47 Å². The fourth-order valence-corrected chi connectivity index (χ4v) is 1.42. The van der Waals surface area contributed by atoms with Crippen LogP contribution in [0.25, 0.3) is 0 Å². The van der Waals surface area contributed by atoms with Crippen LogP contribution in [-0.2, 0) is 14.2 Å². The lowest BCUT2D eigenvalue weighted by Crippen LogP contribution is -2.08. The maximum atomic E-state index is 5.44. The zero-order chi connectivity index (χ0) is 11.9. The van der Waals surface area contributed by atoms with Crippen molar-refractivity contribution in [3.8, 4) is 0 Å². The minimum Gasteiger partial charge on any atom is -0.379 e. The van der Waals surface area contributed by atoms with E-state index in [9.17, 15) is 0 Å². The van der Waals surface area contributed by atoms with Crippen molar-refractivity contribution in [3.63, 3.8) is 0 Å². The summed E-state index contributed by atoms with van der Waals surface area (Å²) in [5, 5.41) is 0. The van der Waals surface area contributed by atoms with Gasteiger partial charge in [0.05, 0.1) is 19.8 Å². The first-order valence-electron chi connectivity index (χ1n) is 6.44. The van der Waals surface area contributed by atoms with E-state index in [1.807, 2.05) is 0 Å². The number of ether oxygens (including phenoxy) is 3. The first-order chi connectivity index (χ1) is 7.91. The summed E-state index contributed by atoms with van der Waals surface area (Å²) in [5.74, 6) is 0. The first-order valence-corrected chi connectivity index (χ1v) is 6.44. The van der Waals surface area contributed by atoms with Crippen LogP contribution in [0, 0.1) is 7.11 Å². The van der Waals surface area contributed by atoms with Gasteiger partial charge in [0.25, 0.3) is 0 Å². The summed E-state index contributed by atoms with van der Waals surface area (Å²) in [6.45, 7) is 5.59. The molecule has 0 aliphatic heterocycles. The zero-order valence-corrected chi connectivity index (χ0v) is 10.7. The van der Waals surface area contributed by atoms with Gasteiger partial charge in [0.1, 0.15) is 6.61 Å². The van der Waals surface area contributed by atoms with Gasteiger partial charge >= 0.3 is 0 Å². The van der Waals surface area contributed by atoms with Gasteiger partial charge in [-0.1, -0.05) is 39.0 Å². The molecule has 0 saturated carbocycles. The minimum atomic E-state index is 0.553. The topological polar surface area (TPSA) is 27.7 Å². The van der Waals surface area contributed by atoms with Crippen LogP contribution in [0.3, 0.4) is 0 Å². The molecule has 3 heteroatoms. The van der Waals surface area contributed by atoms with E-state index in [1.54, 1.807) is 0 Å². The maximum absolute atomic E-state index is 5.44. The van der Waals surface area contributed by atoms with Crippen LogP contribution in [0.1, 0.15) is 45.4 Å². The van der Waals surface area contributed by atoms with Gasteiger partial charge < -0.3 is 9.47 Å². The van der Waals surface area contributed by atoms with Crippen LogP contribution < -0.4 is 0 Å². The monoisotopic (exact) mass is 231 g/mol. The second-order valence-corrected chi connectivity index (χ2v) is 3.90. The summed E-state index contributed by atoms with van der Waals surface area (Å²) in [5.41, 5.74) is 0. The zero-order valence-electron chi connectivity index (χ0n) is 10.7. The molecule has 0 aliphatic carbocycles. The summed E-state index contributed by atoms with van der Waals surface area (Å²) in [4.78, 5) is 0. The summed E-state index contributed by atoms with van der Waals surface area (Å²) >= 11 is 0. The molecule has 0 aromatic carbocycles. The molecule has 0 saturated heterocycles. The molecule has 0 fully saturated rings. The van der Waals surface area contributed by atoms with Gasteiger partial charge in [-0.15, -0.1) is 0 Å². The number of hydrogen-bond acceptors (Lipinski definition) is 3. The van der Waals surface area contributed by atoms with Crippen molar-refractivity contribution in [2.24, 2.45) is 0 Å². The van der Waals surface area contributed by atoms with Crippen LogP contribution in [0.4, 0.5) is 0 Å². The summed E-state index contributed by atoms with van der Waals surface area (Å²) in [6, 6.07) is 0. The van der Waals surface area contributed by atoms with Gasteiger partial charge in [0.15, 0.2) is 0 Å². The molecule has 0 atom stereocenters. The van der Waals surface area contributed by atoms with Gasteiger partial charge in [-0.3, -0.25) is 0 Å². The molecule has 0 amide bonds. The normalized spacial score (nSPS) is 10.8. The van der Waals surface area contributed by atoms with E-state index in [-0.39, 0.29) is 0 Å². The highest BCUT2D eigenvalue weighted by Crippen LogP contribution is 2.04. The number of unbranched alkanes of at least 4 members (excludes halogenated alkanes) is 5. The van der Waals surface area contributed by atoms with Crippen molar-refractivity contribution in [2.45, 2.75) is 45.4 Å². The maximum Gasteiger partial charge on any atom is 0.213 e. The van der Waals surface area contributed by atoms with E-state index in [0.717, 1.165) is 6.61 Å². The molecule has 0 aromatic heterocycles. The van der Waals surface area contributed by atoms with Crippen molar-refractivity contribution in [3.05, 3.63) is 7.11 Å². The lowest BCUT2D eigenvalue weighted by atomic mass is 10.1.